The molecule has 6 rings (SSSR count). The molecular formula is C27H23N7O2. The number of ether oxygens (including phenoxy) is 1. The monoisotopic (exact) mass is 477 g/mol. The third-order valence-corrected chi connectivity index (χ3v) is 6.06. The predicted molar refractivity (Wildman–Crippen MR) is 135 cm³/mol. The number of aromatic amines is 1. The van der Waals surface area contributed by atoms with E-state index in [1.165, 1.54) is 0 Å². The normalized spacial score (nSPS) is 14.5. The number of aromatic nitrogens is 5. The SMILES string of the molecule is Cc1nnc2n1-c1ccccc1C(c1ccccc1)=NC2NC(=O)OCCc1nc2ccccc2[nH]1. The van der Waals surface area contributed by atoms with Crippen molar-refractivity contribution in [3.05, 3.63) is 107 Å². The highest BCUT2D eigenvalue weighted by Crippen LogP contribution is 2.29. The number of carbonyl (C=O) groups excluding carboxylic acids is 1. The van der Waals surface area contributed by atoms with Gasteiger partial charge in [-0.3, -0.25) is 14.9 Å². The number of para-hydroxylation sites is 3. The van der Waals surface area contributed by atoms with E-state index in [1.807, 2.05) is 90.4 Å². The third kappa shape index (κ3) is 4.00. The highest BCUT2D eigenvalue weighted by Gasteiger charge is 2.29. The van der Waals surface area contributed by atoms with Crippen molar-refractivity contribution in [2.75, 3.05) is 6.61 Å². The Bertz CT molecular complexity index is 1550. The van der Waals surface area contributed by atoms with E-state index in [9.17, 15) is 4.79 Å². The highest BCUT2D eigenvalue weighted by atomic mass is 16.5. The summed E-state index contributed by atoms with van der Waals surface area (Å²) in [6.45, 7) is 2.04. The number of nitrogens with one attached hydrogen (secondary N) is 2. The second-order valence-corrected chi connectivity index (χ2v) is 8.44. The molecule has 0 fully saturated rings. The molecule has 9 nitrogen and oxygen atoms in total. The van der Waals surface area contributed by atoms with Crippen molar-refractivity contribution in [1.29, 1.82) is 0 Å². The Morgan fingerprint density at radius 3 is 2.64 bits per heavy atom. The smallest absolute Gasteiger partial charge is 0.409 e. The van der Waals surface area contributed by atoms with Gasteiger partial charge in [-0.05, 0) is 25.1 Å². The zero-order chi connectivity index (χ0) is 24.5. The number of amides is 1. The molecule has 178 valence electrons. The van der Waals surface area contributed by atoms with E-state index in [-0.39, 0.29) is 6.61 Å². The molecule has 0 bridgehead atoms. The first-order valence-corrected chi connectivity index (χ1v) is 11.7. The summed E-state index contributed by atoms with van der Waals surface area (Å²) >= 11 is 0. The number of hydrogen-bond donors (Lipinski definition) is 2. The van der Waals surface area contributed by atoms with Crippen molar-refractivity contribution < 1.29 is 9.53 Å². The van der Waals surface area contributed by atoms with Crippen LogP contribution in [-0.2, 0) is 11.2 Å². The van der Waals surface area contributed by atoms with Gasteiger partial charge >= 0.3 is 6.09 Å². The maximum atomic E-state index is 12.8. The minimum absolute atomic E-state index is 0.166. The fraction of sp³-hybridized carbons (Fsp3) is 0.148. The molecule has 1 aliphatic rings. The van der Waals surface area contributed by atoms with E-state index >= 15 is 0 Å². The first-order chi connectivity index (χ1) is 17.7. The fourth-order valence-corrected chi connectivity index (χ4v) is 4.42. The van der Waals surface area contributed by atoms with Crippen LogP contribution in [0.5, 0.6) is 0 Å². The number of H-pyrrole nitrogens is 1. The number of nitrogens with zero attached hydrogens (tertiary/aromatic N) is 5. The Kier molecular flexibility index (Phi) is 5.49. The number of aliphatic imine (C=N–C) groups is 1. The molecule has 2 N–H and O–H groups in total. The standard InChI is InChI=1S/C27H23N7O2/c1-17-32-33-26-25(31-27(35)36-16-15-23-28-20-12-6-7-13-21(20)29-23)30-24(18-9-3-2-4-10-18)19-11-5-8-14-22(19)34(17)26/h2-14,25H,15-16H2,1H3,(H,28,29)(H,31,35). The lowest BCUT2D eigenvalue weighted by Gasteiger charge is -2.14. The van der Waals surface area contributed by atoms with Crippen LogP contribution in [0, 0.1) is 6.92 Å². The lowest BCUT2D eigenvalue weighted by molar-refractivity contribution is 0.142. The quantitative estimate of drug-likeness (QED) is 0.393. The zero-order valence-corrected chi connectivity index (χ0v) is 19.5. The van der Waals surface area contributed by atoms with E-state index in [1.54, 1.807) is 0 Å². The molecule has 0 radical (unpaired) electrons. The van der Waals surface area contributed by atoms with Crippen LogP contribution in [0.15, 0.2) is 83.9 Å². The fourth-order valence-electron chi connectivity index (χ4n) is 4.42. The number of aryl methyl sites for hydroxylation is 1. The molecule has 1 atom stereocenters. The van der Waals surface area contributed by atoms with Crippen LogP contribution in [-0.4, -0.2) is 43.1 Å². The summed E-state index contributed by atoms with van der Waals surface area (Å²) in [4.78, 5) is 25.5. The molecule has 0 saturated heterocycles. The summed E-state index contributed by atoms with van der Waals surface area (Å²) in [5.74, 6) is 1.97. The molecule has 2 aromatic heterocycles. The minimum Gasteiger partial charge on any atom is -0.449 e. The number of fused-ring (bicyclic) bond motifs is 4. The van der Waals surface area contributed by atoms with Crippen LogP contribution in [0.4, 0.5) is 4.79 Å². The lowest BCUT2D eigenvalue weighted by atomic mass is 10.0. The molecule has 5 aromatic rings. The van der Waals surface area contributed by atoms with E-state index in [4.69, 9.17) is 9.73 Å². The van der Waals surface area contributed by atoms with Crippen molar-refractivity contribution in [2.24, 2.45) is 4.99 Å². The molecule has 36 heavy (non-hydrogen) atoms. The molecule has 1 amide bonds. The number of alkyl carbamates (subject to hydrolysis) is 1. The zero-order valence-electron chi connectivity index (χ0n) is 19.5. The van der Waals surface area contributed by atoms with E-state index in [0.717, 1.165) is 39.4 Å². The Hall–Kier alpha value is -4.79. The van der Waals surface area contributed by atoms with Gasteiger partial charge in [0.05, 0.1) is 22.4 Å². The Morgan fingerprint density at radius 2 is 1.78 bits per heavy atom. The van der Waals surface area contributed by atoms with Gasteiger partial charge in [-0.15, -0.1) is 10.2 Å². The van der Waals surface area contributed by atoms with Crippen molar-refractivity contribution in [2.45, 2.75) is 19.5 Å². The highest BCUT2D eigenvalue weighted by molar-refractivity contribution is 6.15. The first-order valence-electron chi connectivity index (χ1n) is 11.7. The molecular weight excluding hydrogens is 454 g/mol. The van der Waals surface area contributed by atoms with Gasteiger partial charge in [0.2, 0.25) is 0 Å². The van der Waals surface area contributed by atoms with Crippen molar-refractivity contribution in [3.8, 4) is 5.69 Å². The summed E-state index contributed by atoms with van der Waals surface area (Å²) < 4.78 is 7.41. The van der Waals surface area contributed by atoms with Crippen LogP contribution < -0.4 is 5.32 Å². The third-order valence-electron chi connectivity index (χ3n) is 6.06. The lowest BCUT2D eigenvalue weighted by Crippen LogP contribution is -2.30. The topological polar surface area (TPSA) is 110 Å². The average molecular weight is 478 g/mol. The predicted octanol–water partition coefficient (Wildman–Crippen LogP) is 4.27. The van der Waals surface area contributed by atoms with Crippen molar-refractivity contribution in [1.82, 2.24) is 30.0 Å². The van der Waals surface area contributed by atoms with Crippen LogP contribution in [0.2, 0.25) is 0 Å². The summed E-state index contributed by atoms with van der Waals surface area (Å²) in [5.41, 5.74) is 5.35. The van der Waals surface area contributed by atoms with Crippen LogP contribution >= 0.6 is 0 Å². The van der Waals surface area contributed by atoms with Gasteiger partial charge in [-0.25, -0.2) is 9.78 Å². The van der Waals surface area contributed by atoms with Gasteiger partial charge in [0.15, 0.2) is 12.0 Å². The second kappa shape index (κ2) is 9.10. The van der Waals surface area contributed by atoms with Crippen LogP contribution in [0.1, 0.15) is 34.8 Å². The number of imidazole rings is 1. The number of hydrogen-bond acceptors (Lipinski definition) is 6. The van der Waals surface area contributed by atoms with Gasteiger partial charge in [0.25, 0.3) is 0 Å². The summed E-state index contributed by atoms with van der Waals surface area (Å²) in [5, 5.41) is 11.5. The largest absolute Gasteiger partial charge is 0.449 e. The Morgan fingerprint density at radius 1 is 1.00 bits per heavy atom. The molecule has 3 heterocycles. The van der Waals surface area contributed by atoms with E-state index < -0.39 is 12.3 Å². The molecule has 0 saturated carbocycles. The molecule has 1 unspecified atom stereocenters. The molecule has 9 heteroatoms. The van der Waals surface area contributed by atoms with Gasteiger partial charge in [0.1, 0.15) is 18.3 Å². The number of rotatable bonds is 5. The average Bonchev–Trinajstić information content (AvgIpc) is 3.46. The molecule has 0 aliphatic carbocycles. The second-order valence-electron chi connectivity index (χ2n) is 8.44. The van der Waals surface area contributed by atoms with Gasteiger partial charge in [-0.2, -0.15) is 0 Å². The van der Waals surface area contributed by atoms with E-state index in [2.05, 4.69) is 25.5 Å². The van der Waals surface area contributed by atoms with Crippen molar-refractivity contribution in [3.63, 3.8) is 0 Å². The molecule has 1 aliphatic heterocycles. The number of carbonyl (C=O) groups is 1. The molecule has 0 spiro atoms. The van der Waals surface area contributed by atoms with E-state index in [0.29, 0.717) is 18.1 Å². The number of benzene rings is 3. The van der Waals surface area contributed by atoms with Gasteiger partial charge < -0.3 is 9.72 Å². The van der Waals surface area contributed by atoms with Gasteiger partial charge in [0, 0.05) is 17.5 Å². The molecule has 3 aromatic carbocycles. The van der Waals surface area contributed by atoms with Crippen LogP contribution in [0.25, 0.3) is 16.7 Å². The maximum Gasteiger partial charge on any atom is 0.409 e. The summed E-state index contributed by atoms with van der Waals surface area (Å²) in [7, 11) is 0. The van der Waals surface area contributed by atoms with Crippen molar-refractivity contribution >= 4 is 22.8 Å². The van der Waals surface area contributed by atoms with Gasteiger partial charge in [-0.1, -0.05) is 60.7 Å². The Balaban J connectivity index is 1.26. The summed E-state index contributed by atoms with van der Waals surface area (Å²) in [6.07, 6.45) is -0.913. The minimum atomic E-state index is -0.785. The maximum absolute atomic E-state index is 12.8. The summed E-state index contributed by atoms with van der Waals surface area (Å²) in [6, 6.07) is 25.6. The van der Waals surface area contributed by atoms with Crippen LogP contribution in [0.3, 0.4) is 0 Å². The first kappa shape index (κ1) is 21.7. The Labute approximate surface area is 206 Å².